The summed E-state index contributed by atoms with van der Waals surface area (Å²) in [5.74, 6) is -0.217. The van der Waals surface area contributed by atoms with Crippen molar-refractivity contribution in [3.8, 4) is 5.75 Å². The number of hydrogen-bond acceptors (Lipinski definition) is 3. The van der Waals surface area contributed by atoms with Crippen LogP contribution in [0.25, 0.3) is 10.8 Å². The largest absolute Gasteiger partial charge is 0.494 e. The fourth-order valence-corrected chi connectivity index (χ4v) is 2.42. The van der Waals surface area contributed by atoms with E-state index in [2.05, 4.69) is 18.2 Å². The zero-order valence-electron chi connectivity index (χ0n) is 13.2. The Labute approximate surface area is 131 Å². The van der Waals surface area contributed by atoms with Gasteiger partial charge in [-0.1, -0.05) is 37.3 Å². The summed E-state index contributed by atoms with van der Waals surface area (Å²) in [5.41, 5.74) is 0. The molecule has 0 saturated carbocycles. The Bertz CT molecular complexity index is 627. The van der Waals surface area contributed by atoms with Crippen LogP contribution in [-0.2, 0) is 4.79 Å². The third kappa shape index (κ3) is 4.74. The molecule has 0 spiro atoms. The van der Waals surface area contributed by atoms with Crippen LogP contribution in [0.3, 0.4) is 0 Å². The standard InChI is InChI=1S/C18H23NO3/c1-14(18(20)21)13-19(2)10-5-11-22-17-9-8-15-6-3-4-7-16(15)12-17/h3-4,6-9,12,14H,5,10-11,13H2,1-2H3,(H,20,21). The Morgan fingerprint density at radius 1 is 1.23 bits per heavy atom. The number of hydrogen-bond donors (Lipinski definition) is 1. The average molecular weight is 301 g/mol. The molecule has 0 aliphatic heterocycles. The number of carboxylic acid groups (broad SMARTS) is 1. The van der Waals surface area contributed by atoms with E-state index in [-0.39, 0.29) is 5.92 Å². The zero-order valence-corrected chi connectivity index (χ0v) is 13.2. The van der Waals surface area contributed by atoms with Crippen molar-refractivity contribution in [1.82, 2.24) is 4.90 Å². The first-order chi connectivity index (χ1) is 10.6. The molecule has 118 valence electrons. The summed E-state index contributed by atoms with van der Waals surface area (Å²) in [5, 5.41) is 11.3. The van der Waals surface area contributed by atoms with Crippen molar-refractivity contribution in [2.45, 2.75) is 13.3 Å². The molecule has 0 fully saturated rings. The summed E-state index contributed by atoms with van der Waals surface area (Å²) in [6.07, 6.45) is 0.871. The van der Waals surface area contributed by atoms with Gasteiger partial charge in [0.15, 0.2) is 0 Å². The van der Waals surface area contributed by atoms with Crippen molar-refractivity contribution < 1.29 is 14.6 Å². The summed E-state index contributed by atoms with van der Waals surface area (Å²) in [6, 6.07) is 14.3. The highest BCUT2D eigenvalue weighted by molar-refractivity contribution is 5.83. The van der Waals surface area contributed by atoms with Gasteiger partial charge in [-0.3, -0.25) is 4.79 Å². The fraction of sp³-hybridized carbons (Fsp3) is 0.389. The molecule has 0 aliphatic rings. The second-order valence-electron chi connectivity index (χ2n) is 5.71. The van der Waals surface area contributed by atoms with Crippen LogP contribution in [0, 0.1) is 5.92 Å². The molecular weight excluding hydrogens is 278 g/mol. The molecule has 0 amide bonds. The molecule has 1 atom stereocenters. The van der Waals surface area contributed by atoms with Crippen LogP contribution in [0.1, 0.15) is 13.3 Å². The summed E-state index contributed by atoms with van der Waals surface area (Å²) in [4.78, 5) is 12.8. The lowest BCUT2D eigenvalue weighted by Crippen LogP contribution is -2.30. The molecule has 0 heterocycles. The van der Waals surface area contributed by atoms with Gasteiger partial charge in [0.2, 0.25) is 0 Å². The molecule has 0 saturated heterocycles. The van der Waals surface area contributed by atoms with E-state index in [1.54, 1.807) is 6.92 Å². The monoisotopic (exact) mass is 301 g/mol. The summed E-state index contributed by atoms with van der Waals surface area (Å²) >= 11 is 0. The van der Waals surface area contributed by atoms with Crippen molar-refractivity contribution in [3.63, 3.8) is 0 Å². The molecule has 2 aromatic carbocycles. The number of fused-ring (bicyclic) bond motifs is 1. The van der Waals surface area contributed by atoms with E-state index in [1.165, 1.54) is 10.8 Å². The molecule has 0 radical (unpaired) electrons. The minimum atomic E-state index is -0.751. The van der Waals surface area contributed by atoms with E-state index in [0.717, 1.165) is 18.7 Å². The van der Waals surface area contributed by atoms with Crippen LogP contribution in [-0.4, -0.2) is 42.7 Å². The number of carbonyl (C=O) groups is 1. The normalized spacial score (nSPS) is 12.5. The number of aliphatic carboxylic acids is 1. The maximum Gasteiger partial charge on any atom is 0.307 e. The Morgan fingerprint density at radius 3 is 2.68 bits per heavy atom. The van der Waals surface area contributed by atoms with Gasteiger partial charge in [0, 0.05) is 13.1 Å². The Morgan fingerprint density at radius 2 is 1.95 bits per heavy atom. The highest BCUT2D eigenvalue weighted by Crippen LogP contribution is 2.20. The molecule has 2 rings (SSSR count). The summed E-state index contributed by atoms with van der Waals surface area (Å²) in [6.45, 7) is 3.74. The van der Waals surface area contributed by atoms with Gasteiger partial charge in [0.05, 0.1) is 12.5 Å². The lowest BCUT2D eigenvalue weighted by molar-refractivity contribution is -0.141. The third-order valence-electron chi connectivity index (χ3n) is 3.68. The van der Waals surface area contributed by atoms with Gasteiger partial charge in [-0.05, 0) is 36.4 Å². The van der Waals surface area contributed by atoms with Crippen LogP contribution in [0.2, 0.25) is 0 Å². The Hall–Kier alpha value is -2.07. The second-order valence-corrected chi connectivity index (χ2v) is 5.71. The first kappa shape index (κ1) is 16.3. The van der Waals surface area contributed by atoms with Crippen LogP contribution in [0.5, 0.6) is 5.75 Å². The molecule has 0 aromatic heterocycles. The van der Waals surface area contributed by atoms with Crippen molar-refractivity contribution >= 4 is 16.7 Å². The molecule has 1 N–H and O–H groups in total. The Kier molecular flexibility index (Phi) is 5.78. The van der Waals surface area contributed by atoms with Crippen LogP contribution in [0.15, 0.2) is 42.5 Å². The molecule has 22 heavy (non-hydrogen) atoms. The maximum atomic E-state index is 10.8. The quantitative estimate of drug-likeness (QED) is 0.760. The van der Waals surface area contributed by atoms with Gasteiger partial charge < -0.3 is 14.7 Å². The van der Waals surface area contributed by atoms with Crippen molar-refractivity contribution in [2.24, 2.45) is 5.92 Å². The molecule has 1 unspecified atom stereocenters. The van der Waals surface area contributed by atoms with Gasteiger partial charge in [0.25, 0.3) is 0 Å². The topological polar surface area (TPSA) is 49.8 Å². The SMILES string of the molecule is CC(CN(C)CCCOc1ccc2ccccc2c1)C(=O)O. The predicted molar refractivity (Wildman–Crippen MR) is 88.4 cm³/mol. The molecular formula is C18H23NO3. The van der Waals surface area contributed by atoms with E-state index >= 15 is 0 Å². The van der Waals surface area contributed by atoms with E-state index < -0.39 is 5.97 Å². The maximum absolute atomic E-state index is 10.8. The van der Waals surface area contributed by atoms with E-state index in [0.29, 0.717) is 13.2 Å². The van der Waals surface area contributed by atoms with Crippen molar-refractivity contribution in [3.05, 3.63) is 42.5 Å². The number of carboxylic acids is 1. The molecule has 2 aromatic rings. The number of nitrogens with zero attached hydrogens (tertiary/aromatic N) is 1. The zero-order chi connectivity index (χ0) is 15.9. The van der Waals surface area contributed by atoms with Gasteiger partial charge in [-0.2, -0.15) is 0 Å². The van der Waals surface area contributed by atoms with Gasteiger partial charge in [-0.25, -0.2) is 0 Å². The van der Waals surface area contributed by atoms with Crippen molar-refractivity contribution in [2.75, 3.05) is 26.7 Å². The van der Waals surface area contributed by atoms with Gasteiger partial charge >= 0.3 is 5.97 Å². The summed E-state index contributed by atoms with van der Waals surface area (Å²) < 4.78 is 5.77. The number of rotatable bonds is 8. The molecule has 4 heteroatoms. The number of benzene rings is 2. The predicted octanol–water partition coefficient (Wildman–Crippen LogP) is 3.26. The Balaban J connectivity index is 1.74. The highest BCUT2D eigenvalue weighted by Gasteiger charge is 2.13. The lowest BCUT2D eigenvalue weighted by Gasteiger charge is -2.18. The van der Waals surface area contributed by atoms with Crippen LogP contribution in [0.4, 0.5) is 0 Å². The van der Waals surface area contributed by atoms with E-state index in [9.17, 15) is 4.79 Å². The minimum Gasteiger partial charge on any atom is -0.494 e. The van der Waals surface area contributed by atoms with Gasteiger partial charge in [0.1, 0.15) is 5.75 Å². The summed E-state index contributed by atoms with van der Waals surface area (Å²) in [7, 11) is 1.94. The second kappa shape index (κ2) is 7.80. The first-order valence-corrected chi connectivity index (χ1v) is 7.59. The first-order valence-electron chi connectivity index (χ1n) is 7.59. The van der Waals surface area contributed by atoms with Crippen molar-refractivity contribution in [1.29, 1.82) is 0 Å². The highest BCUT2D eigenvalue weighted by atomic mass is 16.5. The lowest BCUT2D eigenvalue weighted by atomic mass is 10.1. The molecule has 0 aliphatic carbocycles. The van der Waals surface area contributed by atoms with E-state index in [1.807, 2.05) is 36.2 Å². The number of ether oxygens (including phenoxy) is 1. The molecule has 0 bridgehead atoms. The minimum absolute atomic E-state index is 0.341. The fourth-order valence-electron chi connectivity index (χ4n) is 2.42. The van der Waals surface area contributed by atoms with Crippen LogP contribution < -0.4 is 4.74 Å². The molecule has 4 nitrogen and oxygen atoms in total. The van der Waals surface area contributed by atoms with E-state index in [4.69, 9.17) is 9.84 Å². The third-order valence-corrected chi connectivity index (χ3v) is 3.68. The smallest absolute Gasteiger partial charge is 0.307 e. The average Bonchev–Trinajstić information content (AvgIpc) is 2.51. The van der Waals surface area contributed by atoms with Gasteiger partial charge in [-0.15, -0.1) is 0 Å². The van der Waals surface area contributed by atoms with Crippen LogP contribution >= 0.6 is 0 Å².